The molecule has 1 fully saturated rings. The van der Waals surface area contributed by atoms with Crippen LogP contribution < -0.4 is 5.32 Å². The fourth-order valence-electron chi connectivity index (χ4n) is 2.63. The molecular weight excluding hydrogens is 292 g/mol. The van der Waals surface area contributed by atoms with E-state index in [9.17, 15) is 0 Å². The molecule has 1 unspecified atom stereocenters. The van der Waals surface area contributed by atoms with E-state index in [4.69, 9.17) is 14.5 Å². The second kappa shape index (κ2) is 10.2. The van der Waals surface area contributed by atoms with Crippen LogP contribution in [0.5, 0.6) is 0 Å². The molecule has 1 saturated heterocycles. The highest BCUT2D eigenvalue weighted by atomic mass is 16.5. The predicted octanol–water partition coefficient (Wildman–Crippen LogP) is 1.53. The van der Waals surface area contributed by atoms with Crippen LogP contribution in [0, 0.1) is 5.92 Å². The quantitative estimate of drug-likeness (QED) is 0.447. The Bertz CT molecular complexity index is 467. The number of hydrogen-bond donors (Lipinski definition) is 1. The predicted molar refractivity (Wildman–Crippen MR) is 91.4 cm³/mol. The molecule has 0 radical (unpaired) electrons. The maximum absolute atomic E-state index is 5.65. The molecule has 1 aromatic heterocycles. The summed E-state index contributed by atoms with van der Waals surface area (Å²) in [6, 6.07) is 5.92. The number of likely N-dealkylation sites (tertiary alicyclic amines) is 1. The number of nitrogens with zero attached hydrogens (tertiary/aromatic N) is 3. The molecule has 0 spiro atoms. The van der Waals surface area contributed by atoms with Crippen molar-refractivity contribution in [2.75, 3.05) is 46.6 Å². The number of aromatic nitrogens is 1. The molecule has 1 aliphatic heterocycles. The smallest absolute Gasteiger partial charge is 0.194 e. The van der Waals surface area contributed by atoms with Crippen molar-refractivity contribution in [3.63, 3.8) is 0 Å². The lowest BCUT2D eigenvalue weighted by atomic mass is 10.1. The van der Waals surface area contributed by atoms with Gasteiger partial charge in [0.25, 0.3) is 0 Å². The van der Waals surface area contributed by atoms with Crippen LogP contribution in [-0.2, 0) is 16.0 Å². The Balaban J connectivity index is 1.83. The molecule has 0 bridgehead atoms. The number of methoxy groups -OCH3 is 1. The molecule has 1 N–H and O–H groups in total. The average Bonchev–Trinajstić information content (AvgIpc) is 3.05. The normalized spacial score (nSPS) is 18.4. The molecule has 6 heteroatoms. The highest BCUT2D eigenvalue weighted by Crippen LogP contribution is 2.16. The van der Waals surface area contributed by atoms with Gasteiger partial charge >= 0.3 is 0 Å². The Labute approximate surface area is 138 Å². The van der Waals surface area contributed by atoms with Gasteiger partial charge in [-0.3, -0.25) is 4.98 Å². The summed E-state index contributed by atoms with van der Waals surface area (Å²) < 4.78 is 10.7. The van der Waals surface area contributed by atoms with Gasteiger partial charge in [0.1, 0.15) is 0 Å². The van der Waals surface area contributed by atoms with Crippen LogP contribution in [0.15, 0.2) is 29.4 Å². The van der Waals surface area contributed by atoms with Crippen molar-refractivity contribution >= 4 is 5.96 Å². The minimum absolute atomic E-state index is 0.561. The molecular formula is C17H28N4O2. The average molecular weight is 320 g/mol. The third-order valence-corrected chi connectivity index (χ3v) is 3.82. The summed E-state index contributed by atoms with van der Waals surface area (Å²) in [4.78, 5) is 11.4. The number of pyridine rings is 1. The SMILES string of the molecule is CCNC(=NCc1ccccn1)N1CCC(COCCOC)C1. The highest BCUT2D eigenvalue weighted by Gasteiger charge is 2.24. The van der Waals surface area contributed by atoms with Crippen molar-refractivity contribution in [3.8, 4) is 0 Å². The van der Waals surface area contributed by atoms with Gasteiger partial charge in [-0.15, -0.1) is 0 Å². The van der Waals surface area contributed by atoms with E-state index < -0.39 is 0 Å². The lowest BCUT2D eigenvalue weighted by Gasteiger charge is -2.21. The molecule has 1 aromatic rings. The Morgan fingerprint density at radius 3 is 3.09 bits per heavy atom. The summed E-state index contributed by atoms with van der Waals surface area (Å²) >= 11 is 0. The number of rotatable bonds is 8. The zero-order valence-corrected chi connectivity index (χ0v) is 14.2. The zero-order chi connectivity index (χ0) is 16.3. The molecule has 0 aliphatic carbocycles. The van der Waals surface area contributed by atoms with Gasteiger partial charge in [-0.1, -0.05) is 6.07 Å². The van der Waals surface area contributed by atoms with E-state index >= 15 is 0 Å². The van der Waals surface area contributed by atoms with Crippen molar-refractivity contribution in [2.24, 2.45) is 10.9 Å². The van der Waals surface area contributed by atoms with Gasteiger partial charge in [-0.2, -0.15) is 0 Å². The number of guanidine groups is 1. The number of hydrogen-bond acceptors (Lipinski definition) is 4. The third kappa shape index (κ3) is 6.15. The first-order valence-electron chi connectivity index (χ1n) is 8.33. The van der Waals surface area contributed by atoms with E-state index in [1.807, 2.05) is 18.2 Å². The van der Waals surface area contributed by atoms with E-state index in [0.29, 0.717) is 25.7 Å². The monoisotopic (exact) mass is 320 g/mol. The van der Waals surface area contributed by atoms with Crippen LogP contribution in [0.4, 0.5) is 0 Å². The molecule has 1 atom stereocenters. The van der Waals surface area contributed by atoms with Crippen LogP contribution in [0.3, 0.4) is 0 Å². The van der Waals surface area contributed by atoms with Gasteiger partial charge in [-0.25, -0.2) is 4.99 Å². The lowest BCUT2D eigenvalue weighted by molar-refractivity contribution is 0.0536. The van der Waals surface area contributed by atoms with Crippen LogP contribution in [0.1, 0.15) is 19.0 Å². The van der Waals surface area contributed by atoms with Crippen LogP contribution in [0.2, 0.25) is 0 Å². The minimum atomic E-state index is 0.561. The molecule has 23 heavy (non-hydrogen) atoms. The molecule has 0 aromatic carbocycles. The molecule has 128 valence electrons. The molecule has 0 saturated carbocycles. The van der Waals surface area contributed by atoms with E-state index in [2.05, 4.69) is 22.1 Å². The maximum atomic E-state index is 5.65. The van der Waals surface area contributed by atoms with Crippen molar-refractivity contribution in [3.05, 3.63) is 30.1 Å². The lowest BCUT2D eigenvalue weighted by Crippen LogP contribution is -2.40. The summed E-state index contributed by atoms with van der Waals surface area (Å²) in [6.07, 6.45) is 2.95. The summed E-state index contributed by atoms with van der Waals surface area (Å²) in [7, 11) is 1.70. The molecule has 2 heterocycles. The van der Waals surface area contributed by atoms with Gasteiger partial charge in [0.05, 0.1) is 32.1 Å². The first kappa shape index (κ1) is 17.7. The second-order valence-corrected chi connectivity index (χ2v) is 5.66. The maximum Gasteiger partial charge on any atom is 0.194 e. The number of nitrogens with one attached hydrogen (secondary N) is 1. The fraction of sp³-hybridized carbons (Fsp3) is 0.647. The molecule has 0 amide bonds. The fourth-order valence-corrected chi connectivity index (χ4v) is 2.63. The van der Waals surface area contributed by atoms with Gasteiger partial charge < -0.3 is 19.7 Å². The first-order chi connectivity index (χ1) is 11.3. The highest BCUT2D eigenvalue weighted by molar-refractivity contribution is 5.80. The zero-order valence-electron chi connectivity index (χ0n) is 14.2. The van der Waals surface area contributed by atoms with E-state index in [0.717, 1.165) is 44.3 Å². The number of ether oxygens (including phenoxy) is 2. The van der Waals surface area contributed by atoms with Gasteiger partial charge in [0.15, 0.2) is 5.96 Å². The Morgan fingerprint density at radius 2 is 2.35 bits per heavy atom. The molecule has 2 rings (SSSR count). The van der Waals surface area contributed by atoms with Crippen LogP contribution in [0.25, 0.3) is 0 Å². The van der Waals surface area contributed by atoms with Crippen molar-refractivity contribution in [1.82, 2.24) is 15.2 Å². The molecule has 6 nitrogen and oxygen atoms in total. The first-order valence-corrected chi connectivity index (χ1v) is 8.33. The van der Waals surface area contributed by atoms with Gasteiger partial charge in [0, 0.05) is 38.9 Å². The second-order valence-electron chi connectivity index (χ2n) is 5.66. The van der Waals surface area contributed by atoms with Gasteiger partial charge in [0.2, 0.25) is 0 Å². The van der Waals surface area contributed by atoms with Crippen molar-refractivity contribution in [1.29, 1.82) is 0 Å². The topological polar surface area (TPSA) is 59.0 Å². The van der Waals surface area contributed by atoms with E-state index in [1.165, 1.54) is 0 Å². The largest absolute Gasteiger partial charge is 0.382 e. The number of aliphatic imine (C=N–C) groups is 1. The molecule has 1 aliphatic rings. The third-order valence-electron chi connectivity index (χ3n) is 3.82. The Hall–Kier alpha value is -1.66. The summed E-state index contributed by atoms with van der Waals surface area (Å²) in [5.74, 6) is 1.53. The summed E-state index contributed by atoms with van der Waals surface area (Å²) in [5, 5.41) is 3.38. The van der Waals surface area contributed by atoms with Crippen LogP contribution >= 0.6 is 0 Å². The standard InChI is InChI=1S/C17H28N4O2/c1-3-18-17(20-12-16-6-4-5-8-19-16)21-9-7-15(13-21)14-23-11-10-22-2/h4-6,8,15H,3,7,9-14H2,1-2H3,(H,18,20). The van der Waals surface area contributed by atoms with Gasteiger partial charge in [-0.05, 0) is 25.5 Å². The summed E-state index contributed by atoms with van der Waals surface area (Å²) in [5.41, 5.74) is 0.988. The van der Waals surface area contributed by atoms with E-state index in [-0.39, 0.29) is 0 Å². The van der Waals surface area contributed by atoms with Crippen LogP contribution in [-0.4, -0.2) is 62.4 Å². The van der Waals surface area contributed by atoms with E-state index in [1.54, 1.807) is 13.3 Å². The van der Waals surface area contributed by atoms with Crippen molar-refractivity contribution < 1.29 is 9.47 Å². The summed E-state index contributed by atoms with van der Waals surface area (Å²) in [6.45, 7) is 7.69. The Morgan fingerprint density at radius 1 is 1.43 bits per heavy atom. The van der Waals surface area contributed by atoms with Crippen molar-refractivity contribution in [2.45, 2.75) is 19.9 Å². The minimum Gasteiger partial charge on any atom is -0.382 e. The Kier molecular flexibility index (Phi) is 7.83.